The van der Waals surface area contributed by atoms with Gasteiger partial charge in [0.25, 0.3) is 0 Å². The fourth-order valence-corrected chi connectivity index (χ4v) is 12.4. The lowest BCUT2D eigenvalue weighted by Crippen LogP contribution is -2.54. The highest BCUT2D eigenvalue weighted by molar-refractivity contribution is 5.95. The van der Waals surface area contributed by atoms with Crippen molar-refractivity contribution in [3.05, 3.63) is 274 Å². The topological polar surface area (TPSA) is 236 Å². The first-order valence-electron chi connectivity index (χ1n) is 44.4. The zero-order chi connectivity index (χ0) is 96.7. The quantitative estimate of drug-likeness (QED) is 0.0163. The predicted octanol–water partition coefficient (Wildman–Crippen LogP) is 29.5. The summed E-state index contributed by atoms with van der Waals surface area (Å²) in [6, 6.07) is 67.4. The Morgan fingerprint density at radius 2 is 0.772 bits per heavy atom. The van der Waals surface area contributed by atoms with Crippen LogP contribution in [0.1, 0.15) is 287 Å². The van der Waals surface area contributed by atoms with Gasteiger partial charge in [-0.25, -0.2) is 30.1 Å². The number of carbonyl (C=O) groups is 1. The van der Waals surface area contributed by atoms with E-state index in [1.165, 1.54) is 65.0 Å². The van der Waals surface area contributed by atoms with Gasteiger partial charge >= 0.3 is 5.91 Å². The minimum Gasteiger partial charge on any atom is -0.497 e. The number of aromatic nitrogens is 1. The standard InChI is InChI=1S/C19H19NO.C19H25NO.C16H19NO2.C14H16N2O.C13H21NO.C10H23NO.C8H18N2O.C8H16NO2/c1-14(2)15-10-12-17(13-11-15)20(21)19-9-5-7-16-6-3-4-8-18(16)19;1-12(2)17-7-8-18(14(4)11-17)20(21)19-15(5)9-13(3)10-16(19)6;1-12(2)13-4-6-14(7-5-13)17(18)15-8-10-16(19-3)11-9-15;1-11(2)12-3-5-13(6-4-12)16(17)14-7-9-15-10-8-14;1-10(2)11-6-8-12(9-7-11)14(15)13(3,4)5;1-8(2)10(6,7)11(12)9(3,4)5;1-7(2)9-6-10(11)8(3,4)5;1-6(2)7(10)9(11)8(3,4)5/h3-14,21H,1-2H3;7-12,21H,1-6H3;4-12,18H,1-3H3;3-11,17H,1-2H3;6-10,15H,1-5H3;8,12H,1-7H3;6-7,11H,1-5H3;6H,1-5H3/q;;;;;;;+1. The van der Waals surface area contributed by atoms with Crippen LogP contribution in [0.4, 0.5) is 51.2 Å². The molecule has 9 aromatic carbocycles. The van der Waals surface area contributed by atoms with E-state index in [4.69, 9.17) is 4.74 Å². The molecule has 0 aliphatic heterocycles. The SMILES string of the molecule is CC(C)C(=O)[N+](=O)C(C)(C)C.CC(C)C(C)(C)N(O)C(C)(C)C.CC(C)N=CN(O)C(C)(C)C.CC(C)c1ccc(N(O)C(C)(C)C)cc1.CC(C)c1ccc(N(O)c2cccc3ccccc23)cc1.CC(C)c1ccc(N(O)c2ccncc2)cc1.COc1ccc(N(O)c2ccc(C(C)C)cc2)cc1.Cc1cc(C)c(N(O)c2ccc(C(C)C)cc2C)c(C)c1. The summed E-state index contributed by atoms with van der Waals surface area (Å²) in [6.45, 7) is 68.4. The van der Waals surface area contributed by atoms with Gasteiger partial charge in [-0.2, -0.15) is 5.06 Å². The first kappa shape index (κ1) is 111. The summed E-state index contributed by atoms with van der Waals surface area (Å²) >= 11 is 0. The number of carbonyl (C=O) groups excluding carboxylic acids is 1. The molecule has 1 heterocycles. The second-order valence-corrected chi connectivity index (χ2v) is 39.2. The number of hydrogen-bond donors (Lipinski definition) is 7. The van der Waals surface area contributed by atoms with Gasteiger partial charge in [-0.3, -0.25) is 46.3 Å². The highest BCUT2D eigenvalue weighted by atomic mass is 16.5. The molecule has 0 aliphatic carbocycles. The Labute approximate surface area is 763 Å². The van der Waals surface area contributed by atoms with E-state index in [9.17, 15) is 46.2 Å². The number of pyridine rings is 1. The maximum atomic E-state index is 11.2. The lowest BCUT2D eigenvalue weighted by molar-refractivity contribution is -0.542. The van der Waals surface area contributed by atoms with Crippen molar-refractivity contribution in [2.45, 2.75) is 299 Å². The van der Waals surface area contributed by atoms with Crippen LogP contribution in [0.2, 0.25) is 0 Å². The molecule has 1 amide bonds. The van der Waals surface area contributed by atoms with Gasteiger partial charge in [-0.1, -0.05) is 198 Å². The van der Waals surface area contributed by atoms with Crippen molar-refractivity contribution in [1.29, 1.82) is 0 Å². The molecule has 0 bridgehead atoms. The van der Waals surface area contributed by atoms with Crippen molar-refractivity contribution in [1.82, 2.24) is 15.1 Å². The fourth-order valence-electron chi connectivity index (χ4n) is 12.4. The third kappa shape index (κ3) is 35.6. The van der Waals surface area contributed by atoms with E-state index in [0.29, 0.717) is 51.6 Å². The third-order valence-electron chi connectivity index (χ3n) is 21.1. The van der Waals surface area contributed by atoms with E-state index >= 15 is 0 Å². The minimum absolute atomic E-state index is 0.168. The van der Waals surface area contributed by atoms with Crippen LogP contribution in [0.25, 0.3) is 10.8 Å². The second kappa shape index (κ2) is 50.4. The summed E-state index contributed by atoms with van der Waals surface area (Å²) < 4.78 is 5.64. The molecule has 0 spiro atoms. The van der Waals surface area contributed by atoms with E-state index in [1.807, 2.05) is 230 Å². The van der Waals surface area contributed by atoms with E-state index in [1.54, 1.807) is 66.3 Å². The maximum Gasteiger partial charge on any atom is 0.436 e. The van der Waals surface area contributed by atoms with Gasteiger partial charge in [0, 0.05) is 60.6 Å². The van der Waals surface area contributed by atoms with E-state index in [0.717, 1.165) is 83.2 Å². The molecule has 10 rings (SSSR count). The average molecular weight is 1740 g/mol. The molecule has 127 heavy (non-hydrogen) atoms. The summed E-state index contributed by atoms with van der Waals surface area (Å²) in [7, 11) is 1.62. The third-order valence-corrected chi connectivity index (χ3v) is 21.1. The average Bonchev–Trinajstić information content (AvgIpc) is 0.798. The van der Waals surface area contributed by atoms with E-state index < -0.39 is 5.54 Å². The number of ether oxygens (including phenoxy) is 1. The molecule has 0 saturated heterocycles. The van der Waals surface area contributed by atoms with Crippen molar-refractivity contribution in [2.75, 3.05) is 32.4 Å². The number of hydroxylamine groups is 5. The molecule has 0 saturated carbocycles. The van der Waals surface area contributed by atoms with Crippen LogP contribution in [0.15, 0.2) is 224 Å². The smallest absolute Gasteiger partial charge is 0.436 e. The summed E-state index contributed by atoms with van der Waals surface area (Å²) in [5.74, 6) is 3.13. The zero-order valence-electron chi connectivity index (χ0n) is 83.3. The van der Waals surface area contributed by atoms with Crippen LogP contribution in [0.3, 0.4) is 0 Å². The number of nitroso groups, excluding NO2 is 1. The molecule has 7 N–H and O–H groups in total. The number of aliphatic imine (C=N–C) groups is 1. The fraction of sp³-hybridized carbons (Fsp3) is 0.449. The van der Waals surface area contributed by atoms with Gasteiger partial charge < -0.3 is 9.94 Å². The molecular formula is C107H157N10O10+. The zero-order valence-corrected chi connectivity index (χ0v) is 83.3. The van der Waals surface area contributed by atoms with Crippen molar-refractivity contribution >= 4 is 74.2 Å². The normalized spacial score (nSPS) is 11.6. The van der Waals surface area contributed by atoms with E-state index in [2.05, 4.69) is 174 Å². The first-order chi connectivity index (χ1) is 58.8. The Hall–Kier alpha value is -10.4. The Balaban J connectivity index is 0.000000379. The number of hydrogen-bond acceptors (Lipinski definition) is 18. The number of anilines is 9. The molecule has 10 aromatic rings. The molecule has 0 fully saturated rings. The van der Waals surface area contributed by atoms with Crippen LogP contribution in [0.5, 0.6) is 5.75 Å². The van der Waals surface area contributed by atoms with Crippen molar-refractivity contribution in [2.24, 2.45) is 16.8 Å². The first-order valence-corrected chi connectivity index (χ1v) is 44.4. The van der Waals surface area contributed by atoms with Crippen LogP contribution >= 0.6 is 0 Å². The monoisotopic (exact) mass is 1740 g/mol. The minimum atomic E-state index is -0.610. The Kier molecular flexibility index (Phi) is 44.0. The number of aryl methyl sites for hydroxylation is 4. The van der Waals surface area contributed by atoms with Crippen LogP contribution in [0, 0.1) is 44.4 Å². The largest absolute Gasteiger partial charge is 0.497 e. The number of amides is 1. The van der Waals surface area contributed by atoms with E-state index in [-0.39, 0.29) is 40.0 Å². The molecule has 20 heteroatoms. The molecule has 694 valence electrons. The second-order valence-electron chi connectivity index (χ2n) is 39.2. The van der Waals surface area contributed by atoms with Gasteiger partial charge in [0.15, 0.2) is 0 Å². The summed E-state index contributed by atoms with van der Waals surface area (Å²) in [5.41, 5.74) is 16.4. The highest BCUT2D eigenvalue weighted by Gasteiger charge is 2.38. The highest BCUT2D eigenvalue weighted by Crippen LogP contribution is 2.37. The van der Waals surface area contributed by atoms with Crippen LogP contribution < -0.4 is 30.1 Å². The number of rotatable bonds is 20. The van der Waals surface area contributed by atoms with Gasteiger partial charge in [0.05, 0.1) is 80.1 Å². The Bertz CT molecular complexity index is 4900. The summed E-state index contributed by atoms with van der Waals surface area (Å²) in [4.78, 5) is 30.2. The lowest BCUT2D eigenvalue weighted by Gasteiger charge is -2.44. The molecular weight excluding hydrogens is 1590 g/mol. The van der Waals surface area contributed by atoms with Gasteiger partial charge in [0.1, 0.15) is 12.1 Å². The van der Waals surface area contributed by atoms with Crippen LogP contribution in [-0.2, 0) is 4.79 Å². The molecule has 1 aromatic heterocycles. The molecule has 0 aliphatic rings. The number of methoxy groups -OCH3 is 1. The number of benzene rings is 9. The van der Waals surface area contributed by atoms with Crippen molar-refractivity contribution in [3.63, 3.8) is 0 Å². The summed E-state index contributed by atoms with van der Waals surface area (Å²) in [6.07, 6.45) is 4.77. The summed E-state index contributed by atoms with van der Waals surface area (Å²) in [5, 5.41) is 81.5. The molecule has 20 nitrogen and oxygen atoms in total. The van der Waals surface area contributed by atoms with Crippen molar-refractivity contribution < 1.29 is 50.7 Å². The molecule has 0 radical (unpaired) electrons. The van der Waals surface area contributed by atoms with Gasteiger partial charge in [-0.15, -0.1) is 0 Å². The Morgan fingerprint density at radius 3 is 1.10 bits per heavy atom. The van der Waals surface area contributed by atoms with Gasteiger partial charge in [-0.05, 0) is 314 Å². The number of nitrogens with zero attached hydrogens (tertiary/aromatic N) is 10. The molecule has 0 unspecified atom stereocenters. The Morgan fingerprint density at radius 1 is 0.402 bits per heavy atom. The predicted molar refractivity (Wildman–Crippen MR) is 531 cm³/mol. The lowest BCUT2D eigenvalue weighted by atomic mass is 9.87. The number of fused-ring (bicyclic) bond motifs is 1. The van der Waals surface area contributed by atoms with Crippen molar-refractivity contribution in [3.8, 4) is 5.75 Å². The maximum absolute atomic E-state index is 11.2. The van der Waals surface area contributed by atoms with Crippen LogP contribution in [-0.4, -0.2) is 109 Å². The molecule has 0 atom stereocenters. The van der Waals surface area contributed by atoms with Gasteiger partial charge in [0.2, 0.25) is 5.54 Å².